The van der Waals surface area contributed by atoms with E-state index in [0.29, 0.717) is 11.8 Å². The smallest absolute Gasteiger partial charge is 0.115 e. The van der Waals surface area contributed by atoms with Crippen molar-refractivity contribution in [2.24, 2.45) is 0 Å². The predicted octanol–water partition coefficient (Wildman–Crippen LogP) is 3.88. The molecule has 1 heterocycles. The quantitative estimate of drug-likeness (QED) is 0.837. The number of aromatic hydroxyl groups is 1. The lowest BCUT2D eigenvalue weighted by molar-refractivity contribution is 0.211. The van der Waals surface area contributed by atoms with Gasteiger partial charge in [0.15, 0.2) is 0 Å². The van der Waals surface area contributed by atoms with Gasteiger partial charge in [0.25, 0.3) is 0 Å². The zero-order chi connectivity index (χ0) is 16.8. The summed E-state index contributed by atoms with van der Waals surface area (Å²) in [5.74, 6) is 0.350. The lowest BCUT2D eigenvalue weighted by atomic mass is 10.1. The molecule has 0 aliphatic carbocycles. The first-order valence-corrected chi connectivity index (χ1v) is 8.95. The fourth-order valence-electron chi connectivity index (χ4n) is 3.64. The van der Waals surface area contributed by atoms with Crippen LogP contribution in [0.2, 0.25) is 0 Å². The van der Waals surface area contributed by atoms with Gasteiger partial charge in [-0.15, -0.1) is 0 Å². The minimum atomic E-state index is 0.350. The lowest BCUT2D eigenvalue weighted by Gasteiger charge is -2.26. The van der Waals surface area contributed by atoms with Crippen molar-refractivity contribution in [2.75, 3.05) is 20.1 Å². The van der Waals surface area contributed by atoms with Gasteiger partial charge in [0.1, 0.15) is 5.75 Å². The molecule has 1 saturated heterocycles. The van der Waals surface area contributed by atoms with Crippen LogP contribution in [0, 0.1) is 0 Å². The lowest BCUT2D eigenvalue weighted by Crippen LogP contribution is -2.31. The largest absolute Gasteiger partial charge is 0.508 e. The zero-order valence-electron chi connectivity index (χ0n) is 14.6. The summed E-state index contributed by atoms with van der Waals surface area (Å²) >= 11 is 0. The van der Waals surface area contributed by atoms with E-state index in [2.05, 4.69) is 53.2 Å². The van der Waals surface area contributed by atoms with Crippen LogP contribution in [0.25, 0.3) is 0 Å². The average molecular weight is 324 g/mol. The molecular formula is C21H28N2O. The van der Waals surface area contributed by atoms with Gasteiger partial charge in [0.05, 0.1) is 0 Å². The van der Waals surface area contributed by atoms with Crippen molar-refractivity contribution >= 4 is 0 Å². The maximum absolute atomic E-state index is 9.73. The zero-order valence-corrected chi connectivity index (χ0v) is 14.6. The summed E-state index contributed by atoms with van der Waals surface area (Å²) in [7, 11) is 2.24. The minimum absolute atomic E-state index is 0.350. The third-order valence-corrected chi connectivity index (χ3v) is 5.02. The first kappa shape index (κ1) is 17.0. The van der Waals surface area contributed by atoms with Crippen molar-refractivity contribution in [2.45, 2.75) is 38.4 Å². The Bertz CT molecular complexity index is 629. The molecule has 1 aliphatic heterocycles. The maximum Gasteiger partial charge on any atom is 0.115 e. The third kappa shape index (κ3) is 4.83. The van der Waals surface area contributed by atoms with Crippen molar-refractivity contribution < 1.29 is 5.11 Å². The van der Waals surface area contributed by atoms with E-state index in [9.17, 15) is 5.11 Å². The van der Waals surface area contributed by atoms with Crippen LogP contribution in [-0.2, 0) is 13.1 Å². The molecule has 2 aromatic rings. The predicted molar refractivity (Wildman–Crippen MR) is 98.9 cm³/mol. The Morgan fingerprint density at radius 3 is 2.50 bits per heavy atom. The number of rotatable bonds is 7. The molecule has 3 nitrogen and oxygen atoms in total. The van der Waals surface area contributed by atoms with Crippen LogP contribution in [0.1, 0.15) is 30.4 Å². The highest BCUT2D eigenvalue weighted by Crippen LogP contribution is 2.20. The minimum Gasteiger partial charge on any atom is -0.508 e. The Morgan fingerprint density at radius 1 is 1.04 bits per heavy atom. The van der Waals surface area contributed by atoms with E-state index in [-0.39, 0.29) is 0 Å². The van der Waals surface area contributed by atoms with Gasteiger partial charge in [0, 0.05) is 25.7 Å². The SMILES string of the molecule is CN1CCCC1CCN(Cc1ccccc1)Cc1cccc(O)c1. The van der Waals surface area contributed by atoms with E-state index >= 15 is 0 Å². The molecule has 0 bridgehead atoms. The number of likely N-dealkylation sites (tertiary alicyclic amines) is 1. The van der Waals surface area contributed by atoms with Crippen LogP contribution in [0.4, 0.5) is 0 Å². The van der Waals surface area contributed by atoms with Gasteiger partial charge < -0.3 is 10.0 Å². The van der Waals surface area contributed by atoms with Gasteiger partial charge in [0.2, 0.25) is 0 Å². The number of nitrogens with zero attached hydrogens (tertiary/aromatic N) is 2. The summed E-state index contributed by atoms with van der Waals surface area (Å²) in [5, 5.41) is 9.73. The molecule has 2 aromatic carbocycles. The van der Waals surface area contributed by atoms with E-state index in [1.807, 2.05) is 12.1 Å². The van der Waals surface area contributed by atoms with Crippen LogP contribution in [0.15, 0.2) is 54.6 Å². The Hall–Kier alpha value is -1.84. The van der Waals surface area contributed by atoms with Crippen molar-refractivity contribution in [3.05, 3.63) is 65.7 Å². The van der Waals surface area contributed by atoms with E-state index < -0.39 is 0 Å². The van der Waals surface area contributed by atoms with Gasteiger partial charge in [-0.05, 0) is 56.1 Å². The van der Waals surface area contributed by atoms with Gasteiger partial charge in [-0.2, -0.15) is 0 Å². The normalized spacial score (nSPS) is 18.3. The molecule has 0 saturated carbocycles. The highest BCUT2D eigenvalue weighted by atomic mass is 16.3. The molecule has 0 radical (unpaired) electrons. The standard InChI is InChI=1S/C21H28N2O/c1-22-13-6-10-20(22)12-14-23(16-18-7-3-2-4-8-18)17-19-9-5-11-21(24)15-19/h2-5,7-9,11,15,20,24H,6,10,12-14,16-17H2,1H3. The van der Waals surface area contributed by atoms with Crippen LogP contribution < -0.4 is 0 Å². The third-order valence-electron chi connectivity index (χ3n) is 5.02. The fraction of sp³-hybridized carbons (Fsp3) is 0.429. The number of benzene rings is 2. The number of hydrogen-bond donors (Lipinski definition) is 1. The van der Waals surface area contributed by atoms with Gasteiger partial charge in [-0.3, -0.25) is 4.90 Å². The second-order valence-corrected chi connectivity index (χ2v) is 6.93. The molecule has 0 amide bonds. The first-order chi connectivity index (χ1) is 11.7. The van der Waals surface area contributed by atoms with Gasteiger partial charge >= 0.3 is 0 Å². The summed E-state index contributed by atoms with van der Waals surface area (Å²) in [4.78, 5) is 4.99. The van der Waals surface area contributed by atoms with E-state index in [1.165, 1.54) is 36.9 Å². The van der Waals surface area contributed by atoms with Crippen LogP contribution in [0.3, 0.4) is 0 Å². The van der Waals surface area contributed by atoms with Gasteiger partial charge in [-0.1, -0.05) is 42.5 Å². The summed E-state index contributed by atoms with van der Waals surface area (Å²) < 4.78 is 0. The summed E-state index contributed by atoms with van der Waals surface area (Å²) in [6.45, 7) is 4.14. The summed E-state index contributed by atoms with van der Waals surface area (Å²) in [6.07, 6.45) is 3.86. The molecule has 1 N–H and O–H groups in total. The molecule has 1 fully saturated rings. The van der Waals surface area contributed by atoms with Gasteiger partial charge in [-0.25, -0.2) is 0 Å². The molecule has 0 aromatic heterocycles. The van der Waals surface area contributed by atoms with Crippen molar-refractivity contribution in [3.8, 4) is 5.75 Å². The Balaban J connectivity index is 1.65. The monoisotopic (exact) mass is 324 g/mol. The highest BCUT2D eigenvalue weighted by Gasteiger charge is 2.21. The average Bonchev–Trinajstić information content (AvgIpc) is 2.99. The second kappa shape index (κ2) is 8.32. The number of hydrogen-bond acceptors (Lipinski definition) is 3. The molecular weight excluding hydrogens is 296 g/mol. The van der Waals surface area contributed by atoms with Crippen molar-refractivity contribution in [1.82, 2.24) is 9.80 Å². The molecule has 0 spiro atoms. The molecule has 128 valence electrons. The second-order valence-electron chi connectivity index (χ2n) is 6.93. The Kier molecular flexibility index (Phi) is 5.89. The van der Waals surface area contributed by atoms with Crippen LogP contribution in [-0.4, -0.2) is 41.1 Å². The topological polar surface area (TPSA) is 26.7 Å². The molecule has 1 aliphatic rings. The summed E-state index contributed by atoms with van der Waals surface area (Å²) in [6, 6.07) is 19.0. The fourth-order valence-corrected chi connectivity index (χ4v) is 3.64. The summed E-state index contributed by atoms with van der Waals surface area (Å²) in [5.41, 5.74) is 2.52. The van der Waals surface area contributed by atoms with E-state index in [4.69, 9.17) is 0 Å². The van der Waals surface area contributed by atoms with Crippen LogP contribution >= 0.6 is 0 Å². The first-order valence-electron chi connectivity index (χ1n) is 8.95. The molecule has 1 unspecified atom stereocenters. The maximum atomic E-state index is 9.73. The van der Waals surface area contributed by atoms with Crippen LogP contribution in [0.5, 0.6) is 5.75 Å². The van der Waals surface area contributed by atoms with Crippen molar-refractivity contribution in [1.29, 1.82) is 0 Å². The number of phenols is 1. The van der Waals surface area contributed by atoms with E-state index in [1.54, 1.807) is 6.07 Å². The molecule has 1 atom stereocenters. The number of phenolic OH excluding ortho intramolecular Hbond substituents is 1. The highest BCUT2D eigenvalue weighted by molar-refractivity contribution is 5.27. The van der Waals surface area contributed by atoms with E-state index in [0.717, 1.165) is 19.6 Å². The molecule has 24 heavy (non-hydrogen) atoms. The Labute approximate surface area is 145 Å². The molecule has 3 heteroatoms. The van der Waals surface area contributed by atoms with Crippen molar-refractivity contribution in [3.63, 3.8) is 0 Å². The Morgan fingerprint density at radius 2 is 1.79 bits per heavy atom. The molecule has 3 rings (SSSR count).